The summed E-state index contributed by atoms with van der Waals surface area (Å²) in [5, 5.41) is 5.48. The summed E-state index contributed by atoms with van der Waals surface area (Å²) in [6.45, 7) is 4.94. The quantitative estimate of drug-likeness (QED) is 0.495. The molecule has 0 bridgehead atoms. The van der Waals surface area contributed by atoms with Crippen molar-refractivity contribution in [3.63, 3.8) is 0 Å². The van der Waals surface area contributed by atoms with Crippen LogP contribution in [0.25, 0.3) is 11.4 Å². The number of alkyl halides is 3. The number of rotatable bonds is 7. The molecule has 2 N–H and O–H groups in total. The van der Waals surface area contributed by atoms with Crippen LogP contribution in [0.4, 0.5) is 24.1 Å². The predicted octanol–water partition coefficient (Wildman–Crippen LogP) is 4.25. The molecule has 4 heterocycles. The molecule has 12 heteroatoms. The Morgan fingerprint density at radius 1 is 1.17 bits per heavy atom. The lowest BCUT2D eigenvalue weighted by Gasteiger charge is -2.35. The number of ether oxygens (including phenoxy) is 1. The Hall–Kier alpha value is -3.09. The number of hydrogen-bond acceptors (Lipinski definition) is 8. The summed E-state index contributed by atoms with van der Waals surface area (Å²) in [5.74, 6) is -0.538. The number of thiazole rings is 1. The van der Waals surface area contributed by atoms with E-state index in [0.29, 0.717) is 17.5 Å². The SMILES string of the molecule is C[C@@H]1CN(Cc2sc(Nc3cc(C(=O)NCC(F)(F)F)ccn3)nc2-c2ccccn2)C[C@H](C)O1. The van der Waals surface area contributed by atoms with Gasteiger partial charge in [-0.05, 0) is 38.1 Å². The predicted molar refractivity (Wildman–Crippen MR) is 127 cm³/mol. The van der Waals surface area contributed by atoms with Gasteiger partial charge in [0.05, 0.1) is 22.8 Å². The molecule has 8 nitrogen and oxygen atoms in total. The Bertz CT molecular complexity index is 1150. The van der Waals surface area contributed by atoms with Gasteiger partial charge in [0.2, 0.25) is 0 Å². The molecule has 0 radical (unpaired) electrons. The molecule has 3 aromatic heterocycles. The third-order valence-electron chi connectivity index (χ3n) is 5.17. The van der Waals surface area contributed by atoms with E-state index in [1.165, 1.54) is 29.7 Å². The van der Waals surface area contributed by atoms with E-state index in [1.54, 1.807) is 6.20 Å². The normalized spacial score (nSPS) is 18.9. The zero-order valence-corrected chi connectivity index (χ0v) is 20.0. The molecule has 0 unspecified atom stereocenters. The lowest BCUT2D eigenvalue weighted by atomic mass is 10.2. The summed E-state index contributed by atoms with van der Waals surface area (Å²) >= 11 is 1.44. The van der Waals surface area contributed by atoms with Gasteiger partial charge in [-0.2, -0.15) is 13.2 Å². The number of nitrogens with one attached hydrogen (secondary N) is 2. The third kappa shape index (κ3) is 6.96. The van der Waals surface area contributed by atoms with Gasteiger partial charge < -0.3 is 15.4 Å². The number of carbonyl (C=O) groups excluding carboxylic acids is 1. The molecule has 0 aliphatic carbocycles. The molecule has 0 aromatic carbocycles. The van der Waals surface area contributed by atoms with Crippen LogP contribution in [0.2, 0.25) is 0 Å². The van der Waals surface area contributed by atoms with Crippen LogP contribution in [-0.2, 0) is 11.3 Å². The van der Waals surface area contributed by atoms with Crippen molar-refractivity contribution in [2.45, 2.75) is 38.8 Å². The summed E-state index contributed by atoms with van der Waals surface area (Å²) in [4.78, 5) is 28.8. The molecule has 1 saturated heterocycles. The van der Waals surface area contributed by atoms with Crippen LogP contribution in [0.15, 0.2) is 42.7 Å². The molecule has 1 amide bonds. The molecule has 1 fully saturated rings. The average Bonchev–Trinajstić information content (AvgIpc) is 3.19. The van der Waals surface area contributed by atoms with E-state index in [1.807, 2.05) is 37.4 Å². The largest absolute Gasteiger partial charge is 0.405 e. The van der Waals surface area contributed by atoms with Gasteiger partial charge >= 0.3 is 6.18 Å². The Balaban J connectivity index is 1.55. The number of hydrogen-bond donors (Lipinski definition) is 2. The lowest BCUT2D eigenvalue weighted by molar-refractivity contribution is -0.123. The number of amides is 1. The van der Waals surface area contributed by atoms with E-state index < -0.39 is 18.6 Å². The smallest absolute Gasteiger partial charge is 0.373 e. The molecule has 1 aliphatic rings. The van der Waals surface area contributed by atoms with Crippen molar-refractivity contribution in [2.75, 3.05) is 25.0 Å². The Kier molecular flexibility index (Phi) is 7.63. The third-order valence-corrected chi connectivity index (χ3v) is 6.13. The van der Waals surface area contributed by atoms with Gasteiger partial charge in [-0.3, -0.25) is 14.7 Å². The fourth-order valence-electron chi connectivity index (χ4n) is 3.86. The first kappa shape index (κ1) is 25.0. The number of anilines is 2. The van der Waals surface area contributed by atoms with Gasteiger partial charge in [0, 0.05) is 37.6 Å². The fraction of sp³-hybridized carbons (Fsp3) is 0.391. The van der Waals surface area contributed by atoms with Crippen molar-refractivity contribution in [3.8, 4) is 11.4 Å². The molecular weight excluding hydrogens is 481 g/mol. The maximum Gasteiger partial charge on any atom is 0.405 e. The standard InChI is InChI=1S/C23H25F3N6O2S/c1-14-10-32(11-15(2)34-14)12-18-20(17-5-3-4-7-27-17)31-22(35-18)30-19-9-16(6-8-28-19)21(33)29-13-23(24,25)26/h3-9,14-15H,10-13H2,1-2H3,(H,29,33)(H,28,30,31)/t14-,15+. The maximum atomic E-state index is 12.4. The highest BCUT2D eigenvalue weighted by atomic mass is 32.1. The first-order valence-corrected chi connectivity index (χ1v) is 11.8. The lowest BCUT2D eigenvalue weighted by Crippen LogP contribution is -2.44. The van der Waals surface area contributed by atoms with E-state index in [4.69, 9.17) is 9.72 Å². The fourth-order valence-corrected chi connectivity index (χ4v) is 4.88. The second-order valence-electron chi connectivity index (χ2n) is 8.31. The summed E-state index contributed by atoms with van der Waals surface area (Å²) in [7, 11) is 0. The van der Waals surface area contributed by atoms with E-state index >= 15 is 0 Å². The van der Waals surface area contributed by atoms with Crippen LogP contribution in [-0.4, -0.2) is 63.8 Å². The van der Waals surface area contributed by atoms with Gasteiger partial charge in [0.25, 0.3) is 5.91 Å². The summed E-state index contributed by atoms with van der Waals surface area (Å²) < 4.78 is 43.1. The van der Waals surface area contributed by atoms with Crippen LogP contribution in [0.5, 0.6) is 0 Å². The highest BCUT2D eigenvalue weighted by molar-refractivity contribution is 7.16. The first-order valence-electron chi connectivity index (χ1n) is 11.0. The highest BCUT2D eigenvalue weighted by Crippen LogP contribution is 2.33. The second-order valence-corrected chi connectivity index (χ2v) is 9.39. The van der Waals surface area contributed by atoms with Crippen LogP contribution in [0.1, 0.15) is 29.1 Å². The van der Waals surface area contributed by atoms with E-state index in [-0.39, 0.29) is 17.8 Å². The van der Waals surface area contributed by atoms with Gasteiger partial charge in [0.15, 0.2) is 5.13 Å². The number of halogens is 3. The van der Waals surface area contributed by atoms with Crippen molar-refractivity contribution < 1.29 is 22.7 Å². The molecule has 35 heavy (non-hydrogen) atoms. The number of nitrogens with zero attached hydrogens (tertiary/aromatic N) is 4. The van der Waals surface area contributed by atoms with Crippen molar-refractivity contribution in [1.29, 1.82) is 0 Å². The second kappa shape index (κ2) is 10.7. The Labute approximate surface area is 204 Å². The first-order chi connectivity index (χ1) is 16.7. The van der Waals surface area contributed by atoms with E-state index in [0.717, 1.165) is 29.4 Å². The number of morpholine rings is 1. The zero-order chi connectivity index (χ0) is 25.0. The molecule has 3 aromatic rings. The van der Waals surface area contributed by atoms with Gasteiger partial charge in [-0.1, -0.05) is 17.4 Å². The summed E-state index contributed by atoms with van der Waals surface area (Å²) in [6.07, 6.45) is -1.18. The van der Waals surface area contributed by atoms with Crippen molar-refractivity contribution in [1.82, 2.24) is 25.2 Å². The molecule has 2 atom stereocenters. The molecule has 0 saturated carbocycles. The van der Waals surface area contributed by atoms with Crippen molar-refractivity contribution >= 4 is 28.2 Å². The van der Waals surface area contributed by atoms with Gasteiger partial charge in [-0.25, -0.2) is 9.97 Å². The number of aromatic nitrogens is 3. The Morgan fingerprint density at radius 2 is 1.94 bits per heavy atom. The minimum absolute atomic E-state index is 0.0600. The maximum absolute atomic E-state index is 12.4. The number of pyridine rings is 2. The van der Waals surface area contributed by atoms with Gasteiger partial charge in [-0.15, -0.1) is 0 Å². The van der Waals surface area contributed by atoms with Crippen LogP contribution in [0, 0.1) is 0 Å². The van der Waals surface area contributed by atoms with Crippen molar-refractivity contribution in [2.24, 2.45) is 0 Å². The Morgan fingerprint density at radius 3 is 2.63 bits per heavy atom. The number of carbonyl (C=O) groups is 1. The van der Waals surface area contributed by atoms with E-state index in [2.05, 4.69) is 20.2 Å². The minimum atomic E-state index is -4.49. The molecule has 4 rings (SSSR count). The van der Waals surface area contributed by atoms with Gasteiger partial charge in [0.1, 0.15) is 18.1 Å². The molecule has 0 spiro atoms. The summed E-state index contributed by atoms with van der Waals surface area (Å²) in [5.41, 5.74) is 1.53. The molecule has 1 aliphatic heterocycles. The minimum Gasteiger partial charge on any atom is -0.373 e. The van der Waals surface area contributed by atoms with Crippen molar-refractivity contribution in [3.05, 3.63) is 53.2 Å². The zero-order valence-electron chi connectivity index (χ0n) is 19.2. The molecular formula is C23H25F3N6O2S. The monoisotopic (exact) mass is 506 g/mol. The highest BCUT2D eigenvalue weighted by Gasteiger charge is 2.28. The van der Waals surface area contributed by atoms with E-state index in [9.17, 15) is 18.0 Å². The van der Waals surface area contributed by atoms with Crippen LogP contribution < -0.4 is 10.6 Å². The topological polar surface area (TPSA) is 92.3 Å². The molecule has 186 valence electrons. The average molecular weight is 507 g/mol. The van der Waals surface area contributed by atoms with Crippen LogP contribution >= 0.6 is 11.3 Å². The summed E-state index contributed by atoms with van der Waals surface area (Å²) in [6, 6.07) is 8.35. The van der Waals surface area contributed by atoms with Crippen LogP contribution in [0.3, 0.4) is 0 Å².